The number of carboxylic acids is 1. The third kappa shape index (κ3) is 3.93. The van der Waals surface area contributed by atoms with Crippen LogP contribution in [0.5, 0.6) is 0 Å². The van der Waals surface area contributed by atoms with Crippen LogP contribution in [0.1, 0.15) is 19.3 Å². The zero-order valence-electron chi connectivity index (χ0n) is 9.64. The Morgan fingerprint density at radius 3 is 2.76 bits per heavy atom. The summed E-state index contributed by atoms with van der Waals surface area (Å²) in [4.78, 5) is 34.6. The summed E-state index contributed by atoms with van der Waals surface area (Å²) in [6.07, 6.45) is 1.40. The number of urea groups is 1. The average molecular weight is 244 g/mol. The standard InChI is InChI=1S/C10H16N2O5/c1-17-9(15)6-11-10(16)12-4-2-3-7(12)5-8(13)14/h7H,2-6H2,1H3,(H,11,16)(H,13,14). The Kier molecular flexibility index (Phi) is 4.74. The number of carboxylic acid groups (broad SMARTS) is 1. The fourth-order valence-corrected chi connectivity index (χ4v) is 1.84. The predicted octanol–water partition coefficient (Wildman–Crippen LogP) is -0.192. The first-order valence-electron chi connectivity index (χ1n) is 5.37. The second-order valence-electron chi connectivity index (χ2n) is 3.82. The number of carbonyl (C=O) groups excluding carboxylic acids is 2. The molecule has 2 N–H and O–H groups in total. The third-order valence-corrected chi connectivity index (χ3v) is 2.66. The fourth-order valence-electron chi connectivity index (χ4n) is 1.84. The van der Waals surface area contributed by atoms with Crippen LogP contribution in [0, 0.1) is 0 Å². The molecule has 1 fully saturated rings. The van der Waals surface area contributed by atoms with Crippen LogP contribution in [0.15, 0.2) is 0 Å². The van der Waals surface area contributed by atoms with Gasteiger partial charge in [-0.15, -0.1) is 0 Å². The van der Waals surface area contributed by atoms with Gasteiger partial charge in [-0.05, 0) is 12.8 Å². The SMILES string of the molecule is COC(=O)CNC(=O)N1CCCC1CC(=O)O. The van der Waals surface area contributed by atoms with E-state index >= 15 is 0 Å². The lowest BCUT2D eigenvalue weighted by Gasteiger charge is -2.23. The topological polar surface area (TPSA) is 95.9 Å². The van der Waals surface area contributed by atoms with E-state index in [0.717, 1.165) is 6.42 Å². The summed E-state index contributed by atoms with van der Waals surface area (Å²) in [6.45, 7) is 0.316. The highest BCUT2D eigenvalue weighted by molar-refractivity contribution is 5.81. The predicted molar refractivity (Wildman–Crippen MR) is 57.4 cm³/mol. The summed E-state index contributed by atoms with van der Waals surface area (Å²) in [5.41, 5.74) is 0. The van der Waals surface area contributed by atoms with Gasteiger partial charge in [0.25, 0.3) is 0 Å². The quantitative estimate of drug-likeness (QED) is 0.668. The van der Waals surface area contributed by atoms with E-state index in [2.05, 4.69) is 10.1 Å². The molecular formula is C10H16N2O5. The maximum absolute atomic E-state index is 11.7. The lowest BCUT2D eigenvalue weighted by atomic mass is 10.1. The highest BCUT2D eigenvalue weighted by Crippen LogP contribution is 2.19. The van der Waals surface area contributed by atoms with Crippen molar-refractivity contribution < 1.29 is 24.2 Å². The van der Waals surface area contributed by atoms with Crippen LogP contribution in [-0.2, 0) is 14.3 Å². The first-order valence-corrected chi connectivity index (χ1v) is 5.37. The number of esters is 1. The number of carbonyl (C=O) groups is 3. The molecule has 1 aliphatic heterocycles. The number of hydrogen-bond acceptors (Lipinski definition) is 4. The van der Waals surface area contributed by atoms with Gasteiger partial charge in [0, 0.05) is 12.6 Å². The summed E-state index contributed by atoms with van der Waals surface area (Å²) >= 11 is 0. The van der Waals surface area contributed by atoms with Crippen molar-refractivity contribution >= 4 is 18.0 Å². The minimum atomic E-state index is -0.928. The third-order valence-electron chi connectivity index (χ3n) is 2.66. The molecule has 7 heteroatoms. The molecule has 17 heavy (non-hydrogen) atoms. The molecule has 0 radical (unpaired) electrons. The molecule has 1 heterocycles. The molecule has 1 rings (SSSR count). The van der Waals surface area contributed by atoms with Crippen LogP contribution in [0.3, 0.4) is 0 Å². The lowest BCUT2D eigenvalue weighted by Crippen LogP contribution is -2.45. The molecule has 1 unspecified atom stereocenters. The minimum Gasteiger partial charge on any atom is -0.481 e. The normalized spacial score (nSPS) is 18.9. The first kappa shape index (κ1) is 13.3. The van der Waals surface area contributed by atoms with E-state index in [1.165, 1.54) is 12.0 Å². The van der Waals surface area contributed by atoms with Crippen molar-refractivity contribution in [2.24, 2.45) is 0 Å². The molecule has 0 spiro atoms. The van der Waals surface area contributed by atoms with E-state index in [4.69, 9.17) is 5.11 Å². The molecule has 7 nitrogen and oxygen atoms in total. The molecule has 0 aromatic heterocycles. The molecule has 1 aliphatic rings. The molecule has 2 amide bonds. The second-order valence-corrected chi connectivity index (χ2v) is 3.82. The molecule has 0 aromatic carbocycles. The van der Waals surface area contributed by atoms with E-state index in [0.29, 0.717) is 13.0 Å². The monoisotopic (exact) mass is 244 g/mol. The van der Waals surface area contributed by atoms with Crippen molar-refractivity contribution in [2.45, 2.75) is 25.3 Å². The smallest absolute Gasteiger partial charge is 0.325 e. The lowest BCUT2D eigenvalue weighted by molar-refractivity contribution is -0.140. The fraction of sp³-hybridized carbons (Fsp3) is 0.700. The maximum Gasteiger partial charge on any atom is 0.325 e. The number of likely N-dealkylation sites (tertiary alicyclic amines) is 1. The molecular weight excluding hydrogens is 228 g/mol. The van der Waals surface area contributed by atoms with E-state index in [-0.39, 0.29) is 19.0 Å². The largest absolute Gasteiger partial charge is 0.481 e. The van der Waals surface area contributed by atoms with Gasteiger partial charge in [-0.25, -0.2) is 4.79 Å². The number of aliphatic carboxylic acids is 1. The number of nitrogens with zero attached hydrogens (tertiary/aromatic N) is 1. The number of rotatable bonds is 4. The summed E-state index contributed by atoms with van der Waals surface area (Å²) < 4.78 is 4.39. The van der Waals surface area contributed by atoms with Gasteiger partial charge in [0.05, 0.1) is 13.5 Å². The Bertz CT molecular complexity index is 318. The average Bonchev–Trinajstić information content (AvgIpc) is 2.72. The minimum absolute atomic E-state index is 0.0638. The van der Waals surface area contributed by atoms with Crippen molar-refractivity contribution in [3.05, 3.63) is 0 Å². The molecule has 0 aromatic rings. The highest BCUT2D eigenvalue weighted by Gasteiger charge is 2.30. The van der Waals surface area contributed by atoms with Crippen LogP contribution in [-0.4, -0.2) is 54.2 Å². The summed E-state index contributed by atoms with van der Waals surface area (Å²) in [5.74, 6) is -1.46. The Hall–Kier alpha value is -1.79. The van der Waals surface area contributed by atoms with Gasteiger partial charge in [-0.2, -0.15) is 0 Å². The highest BCUT2D eigenvalue weighted by atomic mass is 16.5. The Balaban J connectivity index is 2.44. The van der Waals surface area contributed by atoms with Gasteiger partial charge in [0.1, 0.15) is 6.54 Å². The van der Waals surface area contributed by atoms with Gasteiger partial charge in [-0.1, -0.05) is 0 Å². The van der Waals surface area contributed by atoms with Crippen molar-refractivity contribution in [3.63, 3.8) is 0 Å². The van der Waals surface area contributed by atoms with Crippen LogP contribution < -0.4 is 5.32 Å². The molecule has 0 aliphatic carbocycles. The number of nitrogens with one attached hydrogen (secondary N) is 1. The van der Waals surface area contributed by atoms with Crippen molar-refractivity contribution in [2.75, 3.05) is 20.2 Å². The summed E-state index contributed by atoms with van der Waals surface area (Å²) in [5, 5.41) is 11.1. The van der Waals surface area contributed by atoms with Crippen molar-refractivity contribution in [3.8, 4) is 0 Å². The molecule has 0 bridgehead atoms. The Morgan fingerprint density at radius 1 is 1.47 bits per heavy atom. The summed E-state index contributed by atoms with van der Waals surface area (Å²) in [6, 6.07) is -0.704. The van der Waals surface area contributed by atoms with E-state index in [1.807, 2.05) is 0 Å². The van der Waals surface area contributed by atoms with Crippen LogP contribution in [0.25, 0.3) is 0 Å². The van der Waals surface area contributed by atoms with Crippen LogP contribution >= 0.6 is 0 Å². The Morgan fingerprint density at radius 2 is 2.18 bits per heavy atom. The van der Waals surface area contributed by atoms with Gasteiger partial charge in [0.2, 0.25) is 0 Å². The molecule has 1 saturated heterocycles. The summed E-state index contributed by atoms with van der Waals surface area (Å²) in [7, 11) is 1.23. The molecule has 96 valence electrons. The number of methoxy groups -OCH3 is 1. The van der Waals surface area contributed by atoms with Gasteiger partial charge in [0.15, 0.2) is 0 Å². The Labute approximate surface area is 98.7 Å². The van der Waals surface area contributed by atoms with Gasteiger partial charge < -0.3 is 20.1 Å². The van der Waals surface area contributed by atoms with Crippen molar-refractivity contribution in [1.29, 1.82) is 0 Å². The van der Waals surface area contributed by atoms with Gasteiger partial charge in [-0.3, -0.25) is 9.59 Å². The maximum atomic E-state index is 11.7. The van der Waals surface area contributed by atoms with Crippen LogP contribution in [0.2, 0.25) is 0 Å². The first-order chi connectivity index (χ1) is 8.04. The van der Waals surface area contributed by atoms with E-state index < -0.39 is 18.0 Å². The van der Waals surface area contributed by atoms with E-state index in [9.17, 15) is 14.4 Å². The second kappa shape index (κ2) is 6.07. The van der Waals surface area contributed by atoms with E-state index in [1.54, 1.807) is 0 Å². The van der Waals surface area contributed by atoms with Crippen LogP contribution in [0.4, 0.5) is 4.79 Å². The number of amides is 2. The zero-order chi connectivity index (χ0) is 12.8. The number of ether oxygens (including phenoxy) is 1. The van der Waals surface area contributed by atoms with Gasteiger partial charge >= 0.3 is 18.0 Å². The zero-order valence-corrected chi connectivity index (χ0v) is 9.64. The van der Waals surface area contributed by atoms with Crippen molar-refractivity contribution in [1.82, 2.24) is 10.2 Å². The molecule has 0 saturated carbocycles. The molecule has 1 atom stereocenters. The number of hydrogen-bond donors (Lipinski definition) is 2.